The van der Waals surface area contributed by atoms with Gasteiger partial charge in [-0.05, 0) is 39.3 Å². The lowest BCUT2D eigenvalue weighted by atomic mass is 9.85. The van der Waals surface area contributed by atoms with Crippen molar-refractivity contribution in [1.82, 2.24) is 4.90 Å². The van der Waals surface area contributed by atoms with Gasteiger partial charge >= 0.3 is 0 Å². The van der Waals surface area contributed by atoms with Crippen molar-refractivity contribution in [3.8, 4) is 0 Å². The second-order valence-corrected chi connectivity index (χ2v) is 5.91. The van der Waals surface area contributed by atoms with Gasteiger partial charge in [0.25, 0.3) is 0 Å². The van der Waals surface area contributed by atoms with Crippen molar-refractivity contribution in [3.63, 3.8) is 0 Å². The number of hydrogen-bond donors (Lipinski definition) is 1. The Morgan fingerprint density at radius 1 is 1.37 bits per heavy atom. The molecule has 0 bridgehead atoms. The average Bonchev–Trinajstić information content (AvgIpc) is 2.41. The third-order valence-corrected chi connectivity index (χ3v) is 4.37. The molecule has 1 fully saturated rings. The first-order valence-corrected chi connectivity index (χ1v) is 7.14. The van der Waals surface area contributed by atoms with Gasteiger partial charge < -0.3 is 10.5 Å². The Morgan fingerprint density at radius 2 is 2.05 bits per heavy atom. The Labute approximate surface area is 116 Å². The van der Waals surface area contributed by atoms with E-state index in [1.54, 1.807) is 0 Å². The van der Waals surface area contributed by atoms with E-state index in [0.717, 1.165) is 26.0 Å². The Hall–Kier alpha value is -0.900. The maximum atomic E-state index is 6.08. The van der Waals surface area contributed by atoms with E-state index in [1.165, 1.54) is 11.1 Å². The molecule has 1 heterocycles. The molecule has 1 aromatic carbocycles. The highest BCUT2D eigenvalue weighted by Crippen LogP contribution is 2.30. The zero-order valence-corrected chi connectivity index (χ0v) is 12.4. The van der Waals surface area contributed by atoms with Crippen LogP contribution in [0.1, 0.15) is 30.9 Å². The Bertz CT molecular complexity index is 404. The molecular formula is C16H26N2O. The summed E-state index contributed by atoms with van der Waals surface area (Å²) in [6.07, 6.45) is 2.35. The molecule has 2 N–H and O–H groups in total. The van der Waals surface area contributed by atoms with Crippen molar-refractivity contribution >= 4 is 0 Å². The van der Waals surface area contributed by atoms with E-state index in [2.05, 4.69) is 50.1 Å². The summed E-state index contributed by atoms with van der Waals surface area (Å²) in [5, 5.41) is 0. The molecular weight excluding hydrogens is 236 g/mol. The van der Waals surface area contributed by atoms with Crippen molar-refractivity contribution < 1.29 is 4.74 Å². The van der Waals surface area contributed by atoms with E-state index in [0.29, 0.717) is 12.6 Å². The fourth-order valence-electron chi connectivity index (χ4n) is 2.97. The molecule has 0 aliphatic carbocycles. The van der Waals surface area contributed by atoms with E-state index in [1.807, 2.05) is 0 Å². The molecule has 2 atom stereocenters. The lowest BCUT2D eigenvalue weighted by Crippen LogP contribution is -2.56. The second-order valence-electron chi connectivity index (χ2n) is 5.91. The minimum Gasteiger partial charge on any atom is -0.378 e. The number of nitrogens with zero attached hydrogens (tertiary/aromatic N) is 1. The van der Waals surface area contributed by atoms with Crippen molar-refractivity contribution in [2.45, 2.75) is 44.9 Å². The summed E-state index contributed by atoms with van der Waals surface area (Å²) < 4.78 is 5.67. The quantitative estimate of drug-likeness (QED) is 0.905. The first-order valence-electron chi connectivity index (χ1n) is 7.14. The molecule has 3 nitrogen and oxygen atoms in total. The Balaban J connectivity index is 2.08. The van der Waals surface area contributed by atoms with Crippen LogP contribution in [0.5, 0.6) is 0 Å². The summed E-state index contributed by atoms with van der Waals surface area (Å²) in [6.45, 7) is 6.72. The maximum Gasteiger partial charge on any atom is 0.0565 e. The molecule has 3 heteroatoms. The first-order chi connectivity index (χ1) is 9.05. The third-order valence-electron chi connectivity index (χ3n) is 4.37. The van der Waals surface area contributed by atoms with E-state index in [-0.39, 0.29) is 5.54 Å². The normalized spacial score (nSPS) is 27.7. The van der Waals surface area contributed by atoms with Crippen molar-refractivity contribution in [3.05, 3.63) is 35.4 Å². The molecule has 19 heavy (non-hydrogen) atoms. The predicted molar refractivity (Wildman–Crippen MR) is 79.1 cm³/mol. The summed E-state index contributed by atoms with van der Waals surface area (Å²) in [7, 11) is 2.19. The monoisotopic (exact) mass is 262 g/mol. The smallest absolute Gasteiger partial charge is 0.0565 e. The number of rotatable bonds is 4. The standard InChI is InChI=1S/C16H26N2O/c1-13-4-6-15(7-5-13)11-18(3)16(12-17)8-9-19-14(2)10-16/h4-7,14H,8-12,17H2,1-3H3. The number of nitrogens with two attached hydrogens (primary N) is 1. The number of likely N-dealkylation sites (N-methyl/N-ethyl adjacent to an activating group) is 1. The van der Waals surface area contributed by atoms with E-state index >= 15 is 0 Å². The van der Waals surface area contributed by atoms with Crippen LogP contribution in [0, 0.1) is 6.92 Å². The summed E-state index contributed by atoms with van der Waals surface area (Å²) in [6, 6.07) is 8.76. The van der Waals surface area contributed by atoms with Gasteiger partial charge in [-0.1, -0.05) is 29.8 Å². The van der Waals surface area contributed by atoms with Gasteiger partial charge in [0.15, 0.2) is 0 Å². The van der Waals surface area contributed by atoms with Crippen molar-refractivity contribution in [2.24, 2.45) is 5.73 Å². The van der Waals surface area contributed by atoms with Gasteiger partial charge in [-0.25, -0.2) is 0 Å². The molecule has 1 aliphatic rings. The summed E-state index contributed by atoms with van der Waals surface area (Å²) in [5.41, 5.74) is 8.82. The minimum absolute atomic E-state index is 0.0859. The summed E-state index contributed by atoms with van der Waals surface area (Å²) in [5.74, 6) is 0. The van der Waals surface area contributed by atoms with Gasteiger partial charge in [0.2, 0.25) is 0 Å². The lowest BCUT2D eigenvalue weighted by molar-refractivity contribution is -0.0584. The number of aryl methyl sites for hydroxylation is 1. The molecule has 0 spiro atoms. The fraction of sp³-hybridized carbons (Fsp3) is 0.625. The van der Waals surface area contributed by atoms with Crippen LogP contribution < -0.4 is 5.73 Å². The number of ether oxygens (including phenoxy) is 1. The second kappa shape index (κ2) is 6.04. The molecule has 1 aliphatic heterocycles. The largest absolute Gasteiger partial charge is 0.378 e. The first kappa shape index (κ1) is 14.5. The van der Waals surface area contributed by atoms with E-state index in [9.17, 15) is 0 Å². The van der Waals surface area contributed by atoms with Crippen LogP contribution in [0.4, 0.5) is 0 Å². The minimum atomic E-state index is 0.0859. The zero-order chi connectivity index (χ0) is 13.9. The molecule has 106 valence electrons. The van der Waals surface area contributed by atoms with Crippen LogP contribution in [-0.4, -0.2) is 36.7 Å². The lowest BCUT2D eigenvalue weighted by Gasteiger charge is -2.46. The van der Waals surface area contributed by atoms with Crippen molar-refractivity contribution in [1.29, 1.82) is 0 Å². The SMILES string of the molecule is Cc1ccc(CN(C)C2(CN)CCOC(C)C2)cc1. The number of hydrogen-bond acceptors (Lipinski definition) is 3. The van der Waals surface area contributed by atoms with Gasteiger partial charge in [0, 0.05) is 25.2 Å². The Kier molecular flexibility index (Phi) is 4.61. The maximum absolute atomic E-state index is 6.08. The predicted octanol–water partition coefficient (Wildman–Crippen LogP) is 2.32. The van der Waals surface area contributed by atoms with Crippen LogP contribution >= 0.6 is 0 Å². The van der Waals surface area contributed by atoms with Gasteiger partial charge in [-0.2, -0.15) is 0 Å². The fourth-order valence-corrected chi connectivity index (χ4v) is 2.97. The molecule has 0 radical (unpaired) electrons. The molecule has 0 amide bonds. The number of benzene rings is 1. The molecule has 0 saturated carbocycles. The van der Waals surface area contributed by atoms with Crippen LogP contribution in [0.3, 0.4) is 0 Å². The highest BCUT2D eigenvalue weighted by atomic mass is 16.5. The Morgan fingerprint density at radius 3 is 2.63 bits per heavy atom. The van der Waals surface area contributed by atoms with Crippen LogP contribution in [0.25, 0.3) is 0 Å². The van der Waals surface area contributed by atoms with Gasteiger partial charge in [0.05, 0.1) is 6.10 Å². The highest BCUT2D eigenvalue weighted by molar-refractivity contribution is 5.21. The van der Waals surface area contributed by atoms with Crippen LogP contribution in [-0.2, 0) is 11.3 Å². The molecule has 1 saturated heterocycles. The van der Waals surface area contributed by atoms with Gasteiger partial charge in [-0.15, -0.1) is 0 Å². The third kappa shape index (κ3) is 3.35. The van der Waals surface area contributed by atoms with E-state index < -0.39 is 0 Å². The highest BCUT2D eigenvalue weighted by Gasteiger charge is 2.37. The van der Waals surface area contributed by atoms with Crippen molar-refractivity contribution in [2.75, 3.05) is 20.2 Å². The topological polar surface area (TPSA) is 38.5 Å². The van der Waals surface area contributed by atoms with Gasteiger partial charge in [0.1, 0.15) is 0 Å². The molecule has 0 aromatic heterocycles. The van der Waals surface area contributed by atoms with E-state index in [4.69, 9.17) is 10.5 Å². The zero-order valence-electron chi connectivity index (χ0n) is 12.4. The molecule has 2 rings (SSSR count). The summed E-state index contributed by atoms with van der Waals surface area (Å²) in [4.78, 5) is 2.41. The van der Waals surface area contributed by atoms with Crippen LogP contribution in [0.2, 0.25) is 0 Å². The summed E-state index contributed by atoms with van der Waals surface area (Å²) >= 11 is 0. The van der Waals surface area contributed by atoms with Crippen LogP contribution in [0.15, 0.2) is 24.3 Å². The van der Waals surface area contributed by atoms with Gasteiger partial charge in [-0.3, -0.25) is 4.90 Å². The molecule has 1 aromatic rings. The molecule has 2 unspecified atom stereocenters. The average molecular weight is 262 g/mol.